The summed E-state index contributed by atoms with van der Waals surface area (Å²) in [6.07, 6.45) is 3.11. The van der Waals surface area contributed by atoms with Gasteiger partial charge < -0.3 is 4.90 Å². The van der Waals surface area contributed by atoms with Gasteiger partial charge in [0.15, 0.2) is 0 Å². The van der Waals surface area contributed by atoms with Gasteiger partial charge >= 0.3 is 0 Å². The molecule has 1 heterocycles. The van der Waals surface area contributed by atoms with Crippen LogP contribution in [0.5, 0.6) is 0 Å². The number of nitriles is 1. The van der Waals surface area contributed by atoms with Gasteiger partial charge in [0.25, 0.3) is 0 Å². The Bertz CT molecular complexity index is 350. The number of carbonyl (C=O) groups is 1. The third kappa shape index (κ3) is 2.62. The molecule has 0 spiro atoms. The molecule has 0 N–H and O–H groups in total. The predicted octanol–water partition coefficient (Wildman–Crippen LogP) is 2.43. The van der Waals surface area contributed by atoms with Crippen molar-refractivity contribution in [3.63, 3.8) is 0 Å². The van der Waals surface area contributed by atoms with E-state index < -0.39 is 0 Å². The molecular weight excluding hydrogens is 212 g/mol. The van der Waals surface area contributed by atoms with Gasteiger partial charge in [0, 0.05) is 13.1 Å². The molecule has 0 aromatic rings. The van der Waals surface area contributed by atoms with E-state index in [0.717, 1.165) is 25.9 Å². The molecule has 1 amide bonds. The fraction of sp³-hybridized carbons (Fsp3) is 0.857. The Morgan fingerprint density at radius 2 is 2.12 bits per heavy atom. The second-order valence-electron chi connectivity index (χ2n) is 6.57. The summed E-state index contributed by atoms with van der Waals surface area (Å²) in [4.78, 5) is 14.2. The first-order valence-corrected chi connectivity index (χ1v) is 6.62. The molecule has 2 fully saturated rings. The summed E-state index contributed by atoms with van der Waals surface area (Å²) < 4.78 is 0. The fourth-order valence-corrected chi connectivity index (χ4v) is 2.73. The number of hydrogen-bond donors (Lipinski definition) is 0. The standard InChI is InChI=1S/C14H22N2O/c1-14(2,3)11-5-4-6-16(9-11)13(17)12-7-10(12)8-15/h10-12H,4-7,9H2,1-3H3/t10?,11-,12?/m1/s1. The highest BCUT2D eigenvalue weighted by Gasteiger charge is 2.46. The molecule has 3 atom stereocenters. The third-order valence-corrected chi connectivity index (χ3v) is 4.23. The van der Waals surface area contributed by atoms with Crippen LogP contribution in [0.25, 0.3) is 0 Å². The van der Waals surface area contributed by atoms with Crippen molar-refractivity contribution in [2.75, 3.05) is 13.1 Å². The SMILES string of the molecule is CC(C)(C)[C@@H]1CCCN(C(=O)C2CC2C#N)C1. The molecule has 94 valence electrons. The lowest BCUT2D eigenvalue weighted by molar-refractivity contribution is -0.135. The fourth-order valence-electron chi connectivity index (χ4n) is 2.73. The Kier molecular flexibility index (Phi) is 3.16. The molecule has 2 unspecified atom stereocenters. The van der Waals surface area contributed by atoms with Crippen LogP contribution in [0.3, 0.4) is 0 Å². The lowest BCUT2D eigenvalue weighted by atomic mass is 9.76. The van der Waals surface area contributed by atoms with Crippen molar-refractivity contribution in [1.29, 1.82) is 5.26 Å². The van der Waals surface area contributed by atoms with E-state index in [1.54, 1.807) is 0 Å². The second-order valence-corrected chi connectivity index (χ2v) is 6.57. The monoisotopic (exact) mass is 234 g/mol. The van der Waals surface area contributed by atoms with Gasteiger partial charge in [0.05, 0.1) is 17.9 Å². The summed E-state index contributed by atoms with van der Waals surface area (Å²) in [5.74, 6) is 0.834. The van der Waals surface area contributed by atoms with Gasteiger partial charge in [-0.1, -0.05) is 20.8 Å². The predicted molar refractivity (Wildman–Crippen MR) is 66.0 cm³/mol. The minimum atomic E-state index is -0.00230. The number of rotatable bonds is 1. The summed E-state index contributed by atoms with van der Waals surface area (Å²) in [6.45, 7) is 8.53. The van der Waals surface area contributed by atoms with E-state index in [0.29, 0.717) is 5.92 Å². The smallest absolute Gasteiger partial charge is 0.227 e. The summed E-state index contributed by atoms with van der Waals surface area (Å²) in [5.41, 5.74) is 0.275. The Balaban J connectivity index is 1.94. The maximum absolute atomic E-state index is 12.2. The van der Waals surface area contributed by atoms with Crippen LogP contribution in [0, 0.1) is 34.5 Å². The average Bonchev–Trinajstić information content (AvgIpc) is 3.06. The van der Waals surface area contributed by atoms with Crippen molar-refractivity contribution >= 4 is 5.91 Å². The van der Waals surface area contributed by atoms with Gasteiger partial charge in [-0.3, -0.25) is 4.79 Å². The Morgan fingerprint density at radius 1 is 1.41 bits per heavy atom. The summed E-state index contributed by atoms with van der Waals surface area (Å²) >= 11 is 0. The molecule has 2 aliphatic rings. The number of nitrogens with zero attached hydrogens (tertiary/aromatic N) is 2. The van der Waals surface area contributed by atoms with E-state index in [-0.39, 0.29) is 23.2 Å². The molecule has 1 saturated carbocycles. The molecule has 0 bridgehead atoms. The van der Waals surface area contributed by atoms with E-state index in [1.165, 1.54) is 6.42 Å². The zero-order chi connectivity index (χ0) is 12.6. The van der Waals surface area contributed by atoms with Crippen molar-refractivity contribution in [1.82, 2.24) is 4.90 Å². The van der Waals surface area contributed by atoms with Gasteiger partial charge in [-0.15, -0.1) is 0 Å². The molecule has 3 nitrogen and oxygen atoms in total. The van der Waals surface area contributed by atoms with E-state index in [2.05, 4.69) is 26.8 Å². The summed E-state index contributed by atoms with van der Waals surface area (Å²) in [5, 5.41) is 8.78. The maximum Gasteiger partial charge on any atom is 0.227 e. The van der Waals surface area contributed by atoms with Gasteiger partial charge in [0.1, 0.15) is 0 Å². The number of piperidine rings is 1. The van der Waals surface area contributed by atoms with Crippen LogP contribution in [0.1, 0.15) is 40.0 Å². The van der Waals surface area contributed by atoms with Crippen LogP contribution in [0.15, 0.2) is 0 Å². The lowest BCUT2D eigenvalue weighted by Crippen LogP contribution is -2.44. The molecule has 0 aromatic heterocycles. The summed E-state index contributed by atoms with van der Waals surface area (Å²) in [7, 11) is 0. The molecule has 1 aliphatic heterocycles. The molecular formula is C14H22N2O. The van der Waals surface area contributed by atoms with Crippen molar-refractivity contribution < 1.29 is 4.79 Å². The zero-order valence-corrected chi connectivity index (χ0v) is 11.1. The number of hydrogen-bond acceptors (Lipinski definition) is 2. The first-order chi connectivity index (χ1) is 7.93. The van der Waals surface area contributed by atoms with Gasteiger partial charge in [-0.2, -0.15) is 5.26 Å². The van der Waals surface area contributed by atoms with Gasteiger partial charge in [-0.25, -0.2) is 0 Å². The van der Waals surface area contributed by atoms with Gasteiger partial charge in [-0.05, 0) is 30.6 Å². The number of likely N-dealkylation sites (tertiary alicyclic amines) is 1. The van der Waals surface area contributed by atoms with Crippen LogP contribution < -0.4 is 0 Å². The minimum Gasteiger partial charge on any atom is -0.342 e. The molecule has 0 aromatic carbocycles. The number of amides is 1. The molecule has 17 heavy (non-hydrogen) atoms. The van der Waals surface area contributed by atoms with E-state index >= 15 is 0 Å². The van der Waals surface area contributed by atoms with Crippen molar-refractivity contribution in [2.45, 2.75) is 40.0 Å². The topological polar surface area (TPSA) is 44.1 Å². The van der Waals surface area contributed by atoms with Crippen LogP contribution in [-0.4, -0.2) is 23.9 Å². The van der Waals surface area contributed by atoms with Crippen LogP contribution >= 0.6 is 0 Å². The molecule has 1 saturated heterocycles. The quantitative estimate of drug-likeness (QED) is 0.699. The third-order valence-electron chi connectivity index (χ3n) is 4.23. The van der Waals surface area contributed by atoms with Crippen molar-refractivity contribution in [2.24, 2.45) is 23.2 Å². The highest BCUT2D eigenvalue weighted by Crippen LogP contribution is 2.41. The molecule has 3 heteroatoms. The first-order valence-electron chi connectivity index (χ1n) is 6.62. The van der Waals surface area contributed by atoms with E-state index in [1.807, 2.05) is 4.90 Å². The normalized spacial score (nSPS) is 33.1. The van der Waals surface area contributed by atoms with Crippen molar-refractivity contribution in [3.05, 3.63) is 0 Å². The summed E-state index contributed by atoms with van der Waals surface area (Å²) in [6, 6.07) is 2.20. The largest absolute Gasteiger partial charge is 0.342 e. The number of carbonyl (C=O) groups excluding carboxylic acids is 1. The Morgan fingerprint density at radius 3 is 2.65 bits per heavy atom. The molecule has 1 aliphatic carbocycles. The van der Waals surface area contributed by atoms with Crippen molar-refractivity contribution in [3.8, 4) is 6.07 Å². The Hall–Kier alpha value is -1.04. The zero-order valence-electron chi connectivity index (χ0n) is 11.1. The van der Waals surface area contributed by atoms with Crippen LogP contribution in [0.2, 0.25) is 0 Å². The molecule has 2 rings (SSSR count). The highest BCUT2D eigenvalue weighted by molar-refractivity contribution is 5.82. The minimum absolute atomic E-state index is 0.00230. The maximum atomic E-state index is 12.2. The Labute approximate surface area is 104 Å². The second kappa shape index (κ2) is 4.33. The van der Waals surface area contributed by atoms with E-state index in [4.69, 9.17) is 5.26 Å². The van der Waals surface area contributed by atoms with Crippen LogP contribution in [0.4, 0.5) is 0 Å². The highest BCUT2D eigenvalue weighted by atomic mass is 16.2. The van der Waals surface area contributed by atoms with Crippen LogP contribution in [-0.2, 0) is 4.79 Å². The molecule has 0 radical (unpaired) electrons. The average molecular weight is 234 g/mol. The first kappa shape index (κ1) is 12.4. The van der Waals surface area contributed by atoms with E-state index in [9.17, 15) is 4.79 Å². The lowest BCUT2D eigenvalue weighted by Gasteiger charge is -2.39. The van der Waals surface area contributed by atoms with Gasteiger partial charge in [0.2, 0.25) is 5.91 Å².